The Labute approximate surface area is 124 Å². The zero-order chi connectivity index (χ0) is 13.8. The molecule has 0 radical (unpaired) electrons. The average molecular weight is 337 g/mol. The monoisotopic (exact) mass is 336 g/mol. The van der Waals surface area contributed by atoms with Gasteiger partial charge in [-0.3, -0.25) is 4.79 Å². The molecular weight excluding hydrogens is 324 g/mol. The molecule has 1 aromatic carbocycles. The van der Waals surface area contributed by atoms with Crippen molar-refractivity contribution in [1.82, 2.24) is 5.43 Å². The third-order valence-corrected chi connectivity index (χ3v) is 4.34. The second kappa shape index (κ2) is 6.12. The molecule has 0 bridgehead atoms. The van der Waals surface area contributed by atoms with Crippen molar-refractivity contribution in [3.05, 3.63) is 55.7 Å². The van der Waals surface area contributed by atoms with Crippen molar-refractivity contribution < 1.29 is 4.79 Å². The highest BCUT2D eigenvalue weighted by molar-refractivity contribution is 9.10. The molecule has 1 heterocycles. The summed E-state index contributed by atoms with van der Waals surface area (Å²) in [4.78, 5) is 14.1. The summed E-state index contributed by atoms with van der Waals surface area (Å²) in [6, 6.07) is 9.45. The minimum atomic E-state index is -0.217. The standard InChI is InChI=1S/C14H13BrN2OS/c1-9-3-5-11(7-13(9)15)14(18)17-16-8-12-6-4-10(2)19-12/h3-8H,1-2H3,(H,17,18). The largest absolute Gasteiger partial charge is 0.271 e. The average Bonchev–Trinajstić information content (AvgIpc) is 2.78. The second-order valence-corrected chi connectivity index (χ2v) is 6.29. The number of thiophene rings is 1. The van der Waals surface area contributed by atoms with E-state index >= 15 is 0 Å². The van der Waals surface area contributed by atoms with E-state index in [2.05, 4.69) is 26.5 Å². The van der Waals surface area contributed by atoms with Gasteiger partial charge in [-0.15, -0.1) is 11.3 Å². The molecule has 19 heavy (non-hydrogen) atoms. The fourth-order valence-electron chi connectivity index (χ4n) is 1.48. The fraction of sp³-hybridized carbons (Fsp3) is 0.143. The van der Waals surface area contributed by atoms with Crippen LogP contribution in [0.5, 0.6) is 0 Å². The van der Waals surface area contributed by atoms with Crippen LogP contribution in [0.1, 0.15) is 25.7 Å². The van der Waals surface area contributed by atoms with E-state index in [1.54, 1.807) is 29.7 Å². The summed E-state index contributed by atoms with van der Waals surface area (Å²) in [5.41, 5.74) is 4.19. The lowest BCUT2D eigenvalue weighted by atomic mass is 10.1. The number of carbonyl (C=O) groups is 1. The van der Waals surface area contributed by atoms with Crippen LogP contribution in [0.3, 0.4) is 0 Å². The number of hydrogen-bond acceptors (Lipinski definition) is 3. The highest BCUT2D eigenvalue weighted by atomic mass is 79.9. The first-order chi connectivity index (χ1) is 9.06. The van der Waals surface area contributed by atoms with E-state index in [9.17, 15) is 4.79 Å². The molecule has 0 spiro atoms. The van der Waals surface area contributed by atoms with Crippen molar-refractivity contribution in [3.63, 3.8) is 0 Å². The van der Waals surface area contributed by atoms with Gasteiger partial charge in [0.25, 0.3) is 5.91 Å². The summed E-state index contributed by atoms with van der Waals surface area (Å²) >= 11 is 5.04. The van der Waals surface area contributed by atoms with Crippen LogP contribution in [0.2, 0.25) is 0 Å². The summed E-state index contributed by atoms with van der Waals surface area (Å²) < 4.78 is 0.915. The number of benzene rings is 1. The van der Waals surface area contributed by atoms with Crippen molar-refractivity contribution in [3.8, 4) is 0 Å². The van der Waals surface area contributed by atoms with Crippen LogP contribution in [0.25, 0.3) is 0 Å². The smallest absolute Gasteiger partial charge is 0.267 e. The number of hydrazone groups is 1. The molecule has 0 saturated heterocycles. The number of nitrogens with zero attached hydrogens (tertiary/aromatic N) is 1. The Bertz CT molecular complexity index is 634. The molecule has 0 fully saturated rings. The van der Waals surface area contributed by atoms with Crippen LogP contribution in [-0.4, -0.2) is 12.1 Å². The zero-order valence-electron chi connectivity index (χ0n) is 10.6. The number of amides is 1. The molecule has 0 unspecified atom stereocenters. The van der Waals surface area contributed by atoms with Crippen molar-refractivity contribution in [2.45, 2.75) is 13.8 Å². The normalized spacial score (nSPS) is 10.9. The third-order valence-electron chi connectivity index (χ3n) is 2.55. The topological polar surface area (TPSA) is 41.5 Å². The predicted octanol–water partition coefficient (Wildman–Crippen LogP) is 3.89. The Balaban J connectivity index is 2.01. The molecule has 98 valence electrons. The molecule has 0 aliphatic rings. The minimum absolute atomic E-state index is 0.217. The van der Waals surface area contributed by atoms with Crippen molar-refractivity contribution in [1.29, 1.82) is 0 Å². The number of rotatable bonds is 3. The molecule has 0 saturated carbocycles. The summed E-state index contributed by atoms with van der Waals surface area (Å²) in [6.45, 7) is 4.01. The van der Waals surface area contributed by atoms with Gasteiger partial charge < -0.3 is 0 Å². The maximum Gasteiger partial charge on any atom is 0.271 e. The number of aryl methyl sites for hydroxylation is 2. The molecule has 1 N–H and O–H groups in total. The quantitative estimate of drug-likeness (QED) is 0.670. The van der Waals surface area contributed by atoms with Crippen LogP contribution in [0.4, 0.5) is 0 Å². The summed E-state index contributed by atoms with van der Waals surface area (Å²) in [5.74, 6) is -0.217. The van der Waals surface area contributed by atoms with Crippen molar-refractivity contribution in [2.75, 3.05) is 0 Å². The summed E-state index contributed by atoms with van der Waals surface area (Å²) in [5, 5.41) is 3.95. The Kier molecular flexibility index (Phi) is 4.50. The lowest BCUT2D eigenvalue weighted by molar-refractivity contribution is 0.0955. The first-order valence-electron chi connectivity index (χ1n) is 5.72. The summed E-state index contributed by atoms with van der Waals surface area (Å²) in [6.07, 6.45) is 1.65. The first-order valence-corrected chi connectivity index (χ1v) is 7.33. The van der Waals surface area contributed by atoms with E-state index in [0.29, 0.717) is 5.56 Å². The van der Waals surface area contributed by atoms with Gasteiger partial charge in [-0.05, 0) is 43.7 Å². The van der Waals surface area contributed by atoms with Gasteiger partial charge in [0, 0.05) is 19.8 Å². The molecule has 5 heteroatoms. The first kappa shape index (κ1) is 14.0. The second-order valence-electron chi connectivity index (χ2n) is 4.11. The van der Waals surface area contributed by atoms with Crippen LogP contribution < -0.4 is 5.43 Å². The van der Waals surface area contributed by atoms with Gasteiger partial charge >= 0.3 is 0 Å². The molecule has 0 aliphatic carbocycles. The van der Waals surface area contributed by atoms with Crippen molar-refractivity contribution in [2.24, 2.45) is 5.10 Å². The van der Waals surface area contributed by atoms with E-state index < -0.39 is 0 Å². The zero-order valence-corrected chi connectivity index (χ0v) is 13.0. The molecule has 0 atom stereocenters. The maximum absolute atomic E-state index is 11.9. The number of hydrogen-bond donors (Lipinski definition) is 1. The molecule has 3 nitrogen and oxygen atoms in total. The predicted molar refractivity (Wildman–Crippen MR) is 83.0 cm³/mol. The van der Waals surface area contributed by atoms with Gasteiger partial charge in [0.1, 0.15) is 0 Å². The Morgan fingerprint density at radius 3 is 2.74 bits per heavy atom. The molecular formula is C14H13BrN2OS. The SMILES string of the molecule is Cc1ccc(C=NNC(=O)c2ccc(C)c(Br)c2)s1. The minimum Gasteiger partial charge on any atom is -0.267 e. The Hall–Kier alpha value is -1.46. The van der Waals surface area contributed by atoms with Crippen LogP contribution >= 0.6 is 27.3 Å². The van der Waals surface area contributed by atoms with E-state index in [4.69, 9.17) is 0 Å². The van der Waals surface area contributed by atoms with E-state index in [0.717, 1.165) is 14.9 Å². The van der Waals surface area contributed by atoms with E-state index in [-0.39, 0.29) is 5.91 Å². The van der Waals surface area contributed by atoms with Crippen LogP contribution in [0, 0.1) is 13.8 Å². The van der Waals surface area contributed by atoms with Gasteiger partial charge in [0.05, 0.1) is 6.21 Å². The maximum atomic E-state index is 11.9. The van der Waals surface area contributed by atoms with Crippen LogP contribution in [0.15, 0.2) is 39.9 Å². The van der Waals surface area contributed by atoms with E-state index in [1.165, 1.54) is 4.88 Å². The lowest BCUT2D eigenvalue weighted by Crippen LogP contribution is -2.17. The molecule has 1 amide bonds. The van der Waals surface area contributed by atoms with Crippen molar-refractivity contribution >= 4 is 39.4 Å². The molecule has 2 rings (SSSR count). The van der Waals surface area contributed by atoms with E-state index in [1.807, 2.05) is 32.0 Å². The molecule has 1 aromatic heterocycles. The number of halogens is 1. The summed E-state index contributed by atoms with van der Waals surface area (Å²) in [7, 11) is 0. The van der Waals surface area contributed by atoms with Gasteiger partial charge in [-0.1, -0.05) is 22.0 Å². The lowest BCUT2D eigenvalue weighted by Gasteiger charge is -2.02. The van der Waals surface area contributed by atoms with Gasteiger partial charge in [0.2, 0.25) is 0 Å². The highest BCUT2D eigenvalue weighted by Gasteiger charge is 2.05. The number of carbonyl (C=O) groups excluding carboxylic acids is 1. The van der Waals surface area contributed by atoms with Crippen LogP contribution in [-0.2, 0) is 0 Å². The molecule has 2 aromatic rings. The number of nitrogens with one attached hydrogen (secondary N) is 1. The van der Waals surface area contributed by atoms with Gasteiger partial charge in [-0.25, -0.2) is 5.43 Å². The highest BCUT2D eigenvalue weighted by Crippen LogP contribution is 2.17. The fourth-order valence-corrected chi connectivity index (χ4v) is 2.60. The van der Waals surface area contributed by atoms with Gasteiger partial charge in [0.15, 0.2) is 0 Å². The third kappa shape index (κ3) is 3.75. The van der Waals surface area contributed by atoms with Gasteiger partial charge in [-0.2, -0.15) is 5.10 Å². The molecule has 0 aliphatic heterocycles. The Morgan fingerprint density at radius 1 is 1.32 bits per heavy atom. The Morgan fingerprint density at radius 2 is 2.11 bits per heavy atom.